The number of rotatable bonds is 4. The van der Waals surface area contributed by atoms with Crippen LogP contribution in [0.5, 0.6) is 0 Å². The molecule has 1 aromatic heterocycles. The first-order valence-electron chi connectivity index (χ1n) is 5.16. The van der Waals surface area contributed by atoms with Crippen LogP contribution in [-0.4, -0.2) is 17.0 Å². The number of nitrogens with two attached hydrogens (primary N) is 1. The molecule has 0 bridgehead atoms. The van der Waals surface area contributed by atoms with Crippen molar-refractivity contribution in [2.24, 2.45) is 0 Å². The van der Waals surface area contributed by atoms with Crippen molar-refractivity contribution < 1.29 is 4.79 Å². The minimum Gasteiger partial charge on any atom is -0.397 e. The first kappa shape index (κ1) is 11.3. The van der Waals surface area contributed by atoms with Gasteiger partial charge in [0.2, 0.25) is 0 Å². The van der Waals surface area contributed by atoms with Crippen LogP contribution in [0.25, 0.3) is 0 Å². The number of nitrogens with one attached hydrogen (secondary N) is 1. The van der Waals surface area contributed by atoms with Crippen LogP contribution in [0.3, 0.4) is 0 Å². The van der Waals surface area contributed by atoms with Gasteiger partial charge >= 0.3 is 0 Å². The fourth-order valence-corrected chi connectivity index (χ4v) is 1.74. The summed E-state index contributed by atoms with van der Waals surface area (Å²) in [5.74, 6) is -0.107. The first-order chi connectivity index (χ1) is 7.58. The van der Waals surface area contributed by atoms with Gasteiger partial charge in [0.25, 0.3) is 5.91 Å². The summed E-state index contributed by atoms with van der Waals surface area (Å²) < 4.78 is 2.71. The number of anilines is 1. The molecule has 1 fully saturated rings. The van der Waals surface area contributed by atoms with Crippen molar-refractivity contribution in [2.75, 3.05) is 12.3 Å². The van der Waals surface area contributed by atoms with Crippen LogP contribution in [0.15, 0.2) is 23.3 Å². The van der Waals surface area contributed by atoms with Gasteiger partial charge in [0.1, 0.15) is 5.69 Å². The molecule has 0 aromatic carbocycles. The van der Waals surface area contributed by atoms with Crippen molar-refractivity contribution in [3.8, 4) is 0 Å². The van der Waals surface area contributed by atoms with E-state index in [0.717, 1.165) is 17.3 Å². The molecule has 5 heteroatoms. The molecule has 0 radical (unpaired) electrons. The third-order valence-electron chi connectivity index (χ3n) is 2.48. The van der Waals surface area contributed by atoms with Gasteiger partial charge in [-0.3, -0.25) is 4.79 Å². The van der Waals surface area contributed by atoms with Gasteiger partial charge in [0, 0.05) is 23.3 Å². The number of nitrogens with zero attached hydrogens (tertiary/aromatic N) is 1. The third-order valence-corrected chi connectivity index (χ3v) is 2.76. The SMILES string of the molecule is C=C(Br)CNC(=O)c1cc(N)cn1C1CC1. The summed E-state index contributed by atoms with van der Waals surface area (Å²) in [6, 6.07) is 2.16. The molecule has 0 spiro atoms. The van der Waals surface area contributed by atoms with E-state index in [9.17, 15) is 4.79 Å². The molecular weight excluding hydrogens is 270 g/mol. The zero-order valence-electron chi connectivity index (χ0n) is 8.87. The topological polar surface area (TPSA) is 60.1 Å². The minimum atomic E-state index is -0.107. The van der Waals surface area contributed by atoms with E-state index in [2.05, 4.69) is 27.8 Å². The van der Waals surface area contributed by atoms with Crippen LogP contribution < -0.4 is 11.1 Å². The van der Waals surface area contributed by atoms with Gasteiger partial charge in [-0.05, 0) is 18.9 Å². The van der Waals surface area contributed by atoms with Gasteiger partial charge in [-0.1, -0.05) is 22.5 Å². The number of amides is 1. The van der Waals surface area contributed by atoms with Gasteiger partial charge in [-0.25, -0.2) is 0 Å². The first-order valence-corrected chi connectivity index (χ1v) is 5.96. The second-order valence-corrected chi connectivity index (χ2v) is 5.12. The second kappa shape index (κ2) is 4.33. The predicted molar refractivity (Wildman–Crippen MR) is 67.5 cm³/mol. The van der Waals surface area contributed by atoms with Crippen LogP contribution in [0.1, 0.15) is 29.4 Å². The molecule has 16 heavy (non-hydrogen) atoms. The number of halogens is 1. The molecule has 1 aliphatic rings. The van der Waals surface area contributed by atoms with Gasteiger partial charge < -0.3 is 15.6 Å². The molecule has 0 aliphatic heterocycles. The smallest absolute Gasteiger partial charge is 0.268 e. The fraction of sp³-hybridized carbons (Fsp3) is 0.364. The van der Waals surface area contributed by atoms with Crippen molar-refractivity contribution in [1.82, 2.24) is 9.88 Å². The van der Waals surface area contributed by atoms with Crippen LogP contribution >= 0.6 is 15.9 Å². The lowest BCUT2D eigenvalue weighted by molar-refractivity contribution is 0.0948. The predicted octanol–water partition coefficient (Wildman–Crippen LogP) is 2.04. The number of hydrogen-bond donors (Lipinski definition) is 2. The van der Waals surface area contributed by atoms with Gasteiger partial charge in [0.15, 0.2) is 0 Å². The Bertz CT molecular complexity index is 434. The van der Waals surface area contributed by atoms with Crippen LogP contribution in [0.2, 0.25) is 0 Å². The Hall–Kier alpha value is -1.23. The summed E-state index contributed by atoms with van der Waals surface area (Å²) >= 11 is 3.20. The van der Waals surface area contributed by atoms with E-state index < -0.39 is 0 Å². The summed E-state index contributed by atoms with van der Waals surface area (Å²) in [5.41, 5.74) is 6.98. The zero-order chi connectivity index (χ0) is 11.7. The summed E-state index contributed by atoms with van der Waals surface area (Å²) in [6.07, 6.45) is 4.08. The van der Waals surface area contributed by atoms with Gasteiger partial charge in [-0.2, -0.15) is 0 Å². The van der Waals surface area contributed by atoms with E-state index in [1.165, 1.54) is 0 Å². The van der Waals surface area contributed by atoms with E-state index in [-0.39, 0.29) is 5.91 Å². The van der Waals surface area contributed by atoms with Gasteiger partial charge in [-0.15, -0.1) is 0 Å². The summed E-state index contributed by atoms with van der Waals surface area (Å²) in [5, 5.41) is 2.77. The van der Waals surface area contributed by atoms with Crippen molar-refractivity contribution in [2.45, 2.75) is 18.9 Å². The Morgan fingerprint density at radius 3 is 2.94 bits per heavy atom. The lowest BCUT2D eigenvalue weighted by Gasteiger charge is -2.07. The van der Waals surface area contributed by atoms with E-state index in [4.69, 9.17) is 5.73 Å². The van der Waals surface area contributed by atoms with E-state index in [1.807, 2.05) is 10.8 Å². The quantitative estimate of drug-likeness (QED) is 0.889. The molecule has 4 nitrogen and oxygen atoms in total. The largest absolute Gasteiger partial charge is 0.397 e. The minimum absolute atomic E-state index is 0.107. The summed E-state index contributed by atoms with van der Waals surface area (Å²) in [6.45, 7) is 4.09. The number of hydrogen-bond acceptors (Lipinski definition) is 2. The fourth-order valence-electron chi connectivity index (χ4n) is 1.60. The molecular formula is C11H14BrN3O. The highest BCUT2D eigenvalue weighted by atomic mass is 79.9. The van der Waals surface area contributed by atoms with Crippen molar-refractivity contribution in [3.05, 3.63) is 29.0 Å². The third kappa shape index (κ3) is 2.47. The van der Waals surface area contributed by atoms with Crippen LogP contribution in [0.4, 0.5) is 5.69 Å². The lowest BCUT2D eigenvalue weighted by Crippen LogP contribution is -2.26. The van der Waals surface area contributed by atoms with Crippen molar-refractivity contribution in [1.29, 1.82) is 0 Å². The molecule has 1 aromatic rings. The highest BCUT2D eigenvalue weighted by Crippen LogP contribution is 2.37. The van der Waals surface area contributed by atoms with E-state index in [1.54, 1.807) is 6.07 Å². The number of carbonyl (C=O) groups excluding carboxylic acids is 1. The lowest BCUT2D eigenvalue weighted by atomic mass is 10.3. The van der Waals surface area contributed by atoms with Crippen LogP contribution in [-0.2, 0) is 0 Å². The number of nitrogen functional groups attached to an aromatic ring is 1. The molecule has 3 N–H and O–H groups in total. The summed E-state index contributed by atoms with van der Waals surface area (Å²) in [7, 11) is 0. The Balaban J connectivity index is 2.12. The normalized spacial score (nSPS) is 14.8. The monoisotopic (exact) mass is 283 g/mol. The average Bonchev–Trinajstić information content (AvgIpc) is 2.98. The maximum atomic E-state index is 11.9. The molecule has 1 heterocycles. The molecule has 0 saturated heterocycles. The molecule has 0 atom stereocenters. The summed E-state index contributed by atoms with van der Waals surface area (Å²) in [4.78, 5) is 11.9. The van der Waals surface area contributed by atoms with E-state index in [0.29, 0.717) is 24.0 Å². The van der Waals surface area contributed by atoms with Gasteiger partial charge in [0.05, 0.1) is 5.69 Å². The molecule has 1 amide bonds. The molecule has 0 unspecified atom stereocenters. The molecule has 1 saturated carbocycles. The second-order valence-electron chi connectivity index (χ2n) is 4.00. The maximum absolute atomic E-state index is 11.9. The van der Waals surface area contributed by atoms with Crippen molar-refractivity contribution >= 4 is 27.5 Å². The molecule has 2 rings (SSSR count). The van der Waals surface area contributed by atoms with Crippen molar-refractivity contribution in [3.63, 3.8) is 0 Å². The average molecular weight is 284 g/mol. The van der Waals surface area contributed by atoms with E-state index >= 15 is 0 Å². The maximum Gasteiger partial charge on any atom is 0.268 e. The standard InChI is InChI=1S/C11H14BrN3O/c1-7(12)5-14-11(16)10-4-8(13)6-15(10)9-2-3-9/h4,6,9H,1-3,5,13H2,(H,14,16). The Morgan fingerprint density at radius 2 is 2.38 bits per heavy atom. The highest BCUT2D eigenvalue weighted by molar-refractivity contribution is 9.11. The van der Waals surface area contributed by atoms with Crippen LogP contribution in [0, 0.1) is 0 Å². The highest BCUT2D eigenvalue weighted by Gasteiger charge is 2.27. The Kier molecular flexibility index (Phi) is 3.05. The zero-order valence-corrected chi connectivity index (χ0v) is 10.5. The molecule has 1 aliphatic carbocycles. The number of aromatic nitrogens is 1. The molecule has 86 valence electrons. The Labute approximate surface area is 103 Å². The number of carbonyl (C=O) groups is 1. The Morgan fingerprint density at radius 1 is 1.69 bits per heavy atom.